The molecule has 2 fully saturated rings. The van der Waals surface area contributed by atoms with Crippen LogP contribution in [0.5, 0.6) is 0 Å². The van der Waals surface area contributed by atoms with Crippen LogP contribution in [0.15, 0.2) is 18.2 Å². The molecule has 2 nitrogen and oxygen atoms in total. The number of hydrogen-bond acceptors (Lipinski definition) is 2. The van der Waals surface area contributed by atoms with E-state index in [0.717, 1.165) is 24.6 Å². The Labute approximate surface area is 113 Å². The van der Waals surface area contributed by atoms with Crippen molar-refractivity contribution in [3.8, 4) is 6.07 Å². The minimum atomic E-state index is -0.413. The standard InChI is InChI=1S/C16H19FN2/c17-15-7-6-12(9-14(15)10-18)11-19-8-2-4-13-3-1-5-16(13)19/h6-7,9,13,16H,1-5,8,11H2. The number of likely N-dealkylation sites (tertiary alicyclic amines) is 1. The maximum atomic E-state index is 13.3. The Bertz CT molecular complexity index is 506. The van der Waals surface area contributed by atoms with E-state index in [2.05, 4.69) is 4.90 Å². The van der Waals surface area contributed by atoms with Gasteiger partial charge in [0.2, 0.25) is 0 Å². The molecule has 100 valence electrons. The van der Waals surface area contributed by atoms with E-state index in [-0.39, 0.29) is 5.56 Å². The second-order valence-electron chi connectivity index (χ2n) is 5.80. The van der Waals surface area contributed by atoms with E-state index in [1.54, 1.807) is 6.07 Å². The van der Waals surface area contributed by atoms with Crippen LogP contribution >= 0.6 is 0 Å². The van der Waals surface area contributed by atoms with E-state index in [1.165, 1.54) is 38.2 Å². The Morgan fingerprint density at radius 1 is 1.26 bits per heavy atom. The first-order chi connectivity index (χ1) is 9.28. The number of benzene rings is 1. The van der Waals surface area contributed by atoms with Crippen molar-refractivity contribution in [2.24, 2.45) is 5.92 Å². The van der Waals surface area contributed by atoms with Crippen LogP contribution in [0.4, 0.5) is 4.39 Å². The van der Waals surface area contributed by atoms with Crippen LogP contribution in [0.3, 0.4) is 0 Å². The van der Waals surface area contributed by atoms with E-state index in [9.17, 15) is 4.39 Å². The highest BCUT2D eigenvalue weighted by atomic mass is 19.1. The van der Waals surface area contributed by atoms with Gasteiger partial charge in [-0.15, -0.1) is 0 Å². The summed E-state index contributed by atoms with van der Waals surface area (Å²) >= 11 is 0. The van der Waals surface area contributed by atoms with Crippen LogP contribution in [-0.2, 0) is 6.54 Å². The summed E-state index contributed by atoms with van der Waals surface area (Å²) in [6.45, 7) is 2.00. The van der Waals surface area contributed by atoms with E-state index in [1.807, 2.05) is 12.1 Å². The number of halogens is 1. The van der Waals surface area contributed by atoms with Crippen molar-refractivity contribution in [3.63, 3.8) is 0 Å². The molecule has 0 N–H and O–H groups in total. The van der Waals surface area contributed by atoms with Gasteiger partial charge < -0.3 is 0 Å². The Kier molecular flexibility index (Phi) is 3.52. The number of piperidine rings is 1. The molecule has 1 heterocycles. The molecule has 2 aliphatic rings. The average molecular weight is 258 g/mol. The van der Waals surface area contributed by atoms with Gasteiger partial charge in [-0.2, -0.15) is 5.26 Å². The van der Waals surface area contributed by atoms with Crippen molar-refractivity contribution >= 4 is 0 Å². The van der Waals surface area contributed by atoms with Crippen LogP contribution in [0, 0.1) is 23.1 Å². The highest BCUT2D eigenvalue weighted by Crippen LogP contribution is 2.37. The van der Waals surface area contributed by atoms with Gasteiger partial charge in [-0.3, -0.25) is 4.90 Å². The molecule has 19 heavy (non-hydrogen) atoms. The van der Waals surface area contributed by atoms with Crippen molar-refractivity contribution < 1.29 is 4.39 Å². The van der Waals surface area contributed by atoms with Gasteiger partial charge in [0.1, 0.15) is 11.9 Å². The summed E-state index contributed by atoms with van der Waals surface area (Å²) in [4.78, 5) is 2.54. The van der Waals surface area contributed by atoms with Gasteiger partial charge in [0, 0.05) is 12.6 Å². The van der Waals surface area contributed by atoms with E-state index >= 15 is 0 Å². The lowest BCUT2D eigenvalue weighted by atomic mass is 9.91. The van der Waals surface area contributed by atoms with Crippen LogP contribution in [-0.4, -0.2) is 17.5 Å². The molecule has 0 amide bonds. The van der Waals surface area contributed by atoms with Crippen molar-refractivity contribution in [1.82, 2.24) is 4.90 Å². The topological polar surface area (TPSA) is 27.0 Å². The Hall–Kier alpha value is -1.40. The Morgan fingerprint density at radius 2 is 2.11 bits per heavy atom. The Balaban J connectivity index is 1.75. The van der Waals surface area contributed by atoms with Gasteiger partial charge >= 0.3 is 0 Å². The van der Waals surface area contributed by atoms with Crippen molar-refractivity contribution in [2.45, 2.75) is 44.7 Å². The molecule has 0 spiro atoms. The monoisotopic (exact) mass is 258 g/mol. The molecular formula is C16H19FN2. The molecule has 1 aliphatic carbocycles. The normalized spacial score (nSPS) is 26.9. The zero-order valence-electron chi connectivity index (χ0n) is 11.1. The molecule has 3 rings (SSSR count). The molecule has 2 atom stereocenters. The minimum Gasteiger partial charge on any atom is -0.296 e. The molecule has 1 aromatic carbocycles. The zero-order valence-corrected chi connectivity index (χ0v) is 11.1. The first kappa shape index (κ1) is 12.6. The molecule has 1 aliphatic heterocycles. The largest absolute Gasteiger partial charge is 0.296 e. The SMILES string of the molecule is N#Cc1cc(CN2CCCC3CCCC32)ccc1F. The van der Waals surface area contributed by atoms with E-state index < -0.39 is 5.82 Å². The number of hydrogen-bond donors (Lipinski definition) is 0. The Morgan fingerprint density at radius 3 is 2.95 bits per heavy atom. The van der Waals surface area contributed by atoms with Crippen molar-refractivity contribution in [1.29, 1.82) is 5.26 Å². The third kappa shape index (κ3) is 2.50. The highest BCUT2D eigenvalue weighted by Gasteiger charge is 2.34. The van der Waals surface area contributed by atoms with E-state index in [4.69, 9.17) is 5.26 Å². The van der Waals surface area contributed by atoms with Crippen molar-refractivity contribution in [3.05, 3.63) is 35.1 Å². The first-order valence-electron chi connectivity index (χ1n) is 7.20. The summed E-state index contributed by atoms with van der Waals surface area (Å²) in [6, 6.07) is 7.58. The second-order valence-corrected chi connectivity index (χ2v) is 5.80. The molecule has 1 saturated heterocycles. The fraction of sp³-hybridized carbons (Fsp3) is 0.562. The van der Waals surface area contributed by atoms with Crippen LogP contribution in [0.25, 0.3) is 0 Å². The molecule has 0 bridgehead atoms. The molecular weight excluding hydrogens is 239 g/mol. The molecule has 0 radical (unpaired) electrons. The predicted octanol–water partition coefficient (Wildman–Crippen LogP) is 3.46. The van der Waals surface area contributed by atoms with Crippen molar-refractivity contribution in [2.75, 3.05) is 6.54 Å². The smallest absolute Gasteiger partial charge is 0.140 e. The average Bonchev–Trinajstić information content (AvgIpc) is 2.90. The van der Waals surface area contributed by atoms with Crippen LogP contribution < -0.4 is 0 Å². The third-order valence-electron chi connectivity index (χ3n) is 4.65. The van der Waals surface area contributed by atoms with Gasteiger partial charge in [-0.05, 0) is 55.8 Å². The summed E-state index contributed by atoms with van der Waals surface area (Å²) in [5.41, 5.74) is 1.22. The van der Waals surface area contributed by atoms with Gasteiger partial charge in [0.25, 0.3) is 0 Å². The quantitative estimate of drug-likeness (QED) is 0.812. The van der Waals surface area contributed by atoms with Gasteiger partial charge in [0.05, 0.1) is 5.56 Å². The predicted molar refractivity (Wildman–Crippen MR) is 71.9 cm³/mol. The summed E-state index contributed by atoms with van der Waals surface area (Å²) < 4.78 is 13.3. The summed E-state index contributed by atoms with van der Waals surface area (Å²) in [6.07, 6.45) is 6.66. The van der Waals surface area contributed by atoms with Gasteiger partial charge in [0.15, 0.2) is 0 Å². The number of fused-ring (bicyclic) bond motifs is 1. The number of rotatable bonds is 2. The van der Waals surface area contributed by atoms with Gasteiger partial charge in [-0.1, -0.05) is 12.5 Å². The number of nitrogens with zero attached hydrogens (tertiary/aromatic N) is 2. The maximum absolute atomic E-state index is 13.3. The molecule has 1 saturated carbocycles. The summed E-state index contributed by atoms with van der Waals surface area (Å²) in [5.74, 6) is 0.452. The lowest BCUT2D eigenvalue weighted by Gasteiger charge is -2.37. The lowest BCUT2D eigenvalue weighted by Crippen LogP contribution is -2.41. The fourth-order valence-corrected chi connectivity index (χ4v) is 3.74. The molecule has 1 aromatic rings. The lowest BCUT2D eigenvalue weighted by molar-refractivity contribution is 0.106. The van der Waals surface area contributed by atoms with Gasteiger partial charge in [-0.25, -0.2) is 4.39 Å². The number of nitriles is 1. The minimum absolute atomic E-state index is 0.164. The first-order valence-corrected chi connectivity index (χ1v) is 7.20. The summed E-state index contributed by atoms with van der Waals surface area (Å²) in [7, 11) is 0. The fourth-order valence-electron chi connectivity index (χ4n) is 3.74. The second kappa shape index (κ2) is 5.30. The van der Waals surface area contributed by atoms with Crippen LogP contribution in [0.1, 0.15) is 43.2 Å². The maximum Gasteiger partial charge on any atom is 0.140 e. The summed E-state index contributed by atoms with van der Waals surface area (Å²) in [5, 5.41) is 8.90. The zero-order chi connectivity index (χ0) is 13.2. The molecule has 2 unspecified atom stereocenters. The van der Waals surface area contributed by atoms with Crippen LogP contribution in [0.2, 0.25) is 0 Å². The molecule has 3 heteroatoms. The third-order valence-corrected chi connectivity index (χ3v) is 4.65. The molecule has 0 aromatic heterocycles. The van der Waals surface area contributed by atoms with E-state index in [0.29, 0.717) is 6.04 Å². The highest BCUT2D eigenvalue weighted by molar-refractivity contribution is 5.34.